The molecule has 1 rings (SSSR count). The summed E-state index contributed by atoms with van der Waals surface area (Å²) in [6, 6.07) is -1.43. The van der Waals surface area contributed by atoms with Gasteiger partial charge in [0.1, 0.15) is 6.04 Å². The Bertz CT molecular complexity index is 296. The van der Waals surface area contributed by atoms with Gasteiger partial charge >= 0.3 is 12.0 Å². The second-order valence-corrected chi connectivity index (χ2v) is 3.98. The molecule has 98 valence electrons. The van der Waals surface area contributed by atoms with Crippen LogP contribution in [0.4, 0.5) is 4.79 Å². The van der Waals surface area contributed by atoms with Gasteiger partial charge < -0.3 is 25.1 Å². The van der Waals surface area contributed by atoms with E-state index in [-0.39, 0.29) is 26.1 Å². The number of hydrogen-bond donors (Lipinski definition) is 3. The molecule has 0 bridgehead atoms. The summed E-state index contributed by atoms with van der Waals surface area (Å²) >= 11 is 0. The van der Waals surface area contributed by atoms with Gasteiger partial charge in [-0.15, -0.1) is 0 Å². The molecule has 1 heterocycles. The van der Waals surface area contributed by atoms with E-state index < -0.39 is 24.1 Å². The molecule has 3 N–H and O–H groups in total. The van der Waals surface area contributed by atoms with E-state index in [2.05, 4.69) is 0 Å². The summed E-state index contributed by atoms with van der Waals surface area (Å²) in [5.74, 6) is -1.12. The number of carbonyl (C=O) groups excluding carboxylic acids is 1. The molecule has 0 radical (unpaired) electrons. The van der Waals surface area contributed by atoms with E-state index in [9.17, 15) is 14.7 Å². The lowest BCUT2D eigenvalue weighted by Crippen LogP contribution is -2.48. The molecule has 7 nitrogen and oxygen atoms in total. The average Bonchev–Trinajstić information content (AvgIpc) is 2.67. The molecule has 0 spiro atoms. The molecule has 0 saturated carbocycles. The minimum Gasteiger partial charge on any atom is -0.480 e. The Morgan fingerprint density at radius 2 is 2.12 bits per heavy atom. The van der Waals surface area contributed by atoms with Crippen molar-refractivity contribution in [3.63, 3.8) is 0 Å². The van der Waals surface area contributed by atoms with Gasteiger partial charge in [0.25, 0.3) is 0 Å². The molecule has 0 aromatic rings. The molecule has 2 amide bonds. The van der Waals surface area contributed by atoms with Crippen LogP contribution in [0.15, 0.2) is 0 Å². The zero-order valence-electron chi connectivity index (χ0n) is 9.74. The number of carbonyl (C=O) groups is 2. The lowest BCUT2D eigenvalue weighted by atomic mass is 10.2. The molecule has 0 aliphatic carbocycles. The summed E-state index contributed by atoms with van der Waals surface area (Å²) in [5.41, 5.74) is 0. The van der Waals surface area contributed by atoms with Crippen LogP contribution >= 0.6 is 0 Å². The van der Waals surface area contributed by atoms with Crippen molar-refractivity contribution >= 4 is 12.0 Å². The van der Waals surface area contributed by atoms with Crippen molar-refractivity contribution in [2.45, 2.75) is 25.5 Å². The number of aliphatic hydroxyl groups is 2. The van der Waals surface area contributed by atoms with Crippen LogP contribution in [-0.2, 0) is 4.79 Å². The fraction of sp³-hybridized carbons (Fsp3) is 0.800. The Kier molecular flexibility index (Phi) is 4.71. The fourth-order valence-corrected chi connectivity index (χ4v) is 1.95. The maximum Gasteiger partial charge on any atom is 0.326 e. The van der Waals surface area contributed by atoms with Gasteiger partial charge in [0.2, 0.25) is 0 Å². The zero-order chi connectivity index (χ0) is 13.0. The third-order valence-corrected chi connectivity index (χ3v) is 2.83. The summed E-state index contributed by atoms with van der Waals surface area (Å²) < 4.78 is 0. The number of likely N-dealkylation sites (N-methyl/N-ethyl adjacent to an activating group) is 1. The first-order chi connectivity index (χ1) is 8.01. The second-order valence-electron chi connectivity index (χ2n) is 3.98. The van der Waals surface area contributed by atoms with Gasteiger partial charge in [0.05, 0.1) is 12.7 Å². The molecule has 0 aromatic carbocycles. The number of hydrogen-bond acceptors (Lipinski definition) is 4. The van der Waals surface area contributed by atoms with Crippen molar-refractivity contribution in [3.8, 4) is 0 Å². The molecule has 1 fully saturated rings. The van der Waals surface area contributed by atoms with Crippen molar-refractivity contribution in [1.82, 2.24) is 9.80 Å². The van der Waals surface area contributed by atoms with Crippen LogP contribution in [0.3, 0.4) is 0 Å². The number of amides is 2. The number of β-amino-alcohol motifs (C(OH)–C–C–N with tert-alkyl or cyclic N) is 1. The fourth-order valence-electron chi connectivity index (χ4n) is 1.95. The van der Waals surface area contributed by atoms with Crippen LogP contribution in [0.25, 0.3) is 0 Å². The van der Waals surface area contributed by atoms with Crippen molar-refractivity contribution in [1.29, 1.82) is 0 Å². The summed E-state index contributed by atoms with van der Waals surface area (Å²) in [6.45, 7) is 2.15. The molecular formula is C10H18N2O5. The number of nitrogens with zero attached hydrogens (tertiary/aromatic N) is 2. The van der Waals surface area contributed by atoms with E-state index in [0.29, 0.717) is 6.54 Å². The summed E-state index contributed by atoms with van der Waals surface area (Å²) in [4.78, 5) is 25.5. The highest BCUT2D eigenvalue weighted by Gasteiger charge is 2.40. The smallest absolute Gasteiger partial charge is 0.326 e. The van der Waals surface area contributed by atoms with Gasteiger partial charge in [-0.1, -0.05) is 0 Å². The van der Waals surface area contributed by atoms with Gasteiger partial charge in [-0.3, -0.25) is 0 Å². The molecule has 0 unspecified atom stereocenters. The number of carboxylic acids is 1. The van der Waals surface area contributed by atoms with Gasteiger partial charge in [-0.25, -0.2) is 9.59 Å². The normalized spacial score (nSPS) is 23.8. The summed E-state index contributed by atoms with van der Waals surface area (Å²) in [5, 5.41) is 27.2. The SMILES string of the molecule is CCN(CCO)C(=O)N1C[C@H](O)C[C@H]1C(=O)O. The number of aliphatic carboxylic acids is 1. The van der Waals surface area contributed by atoms with E-state index in [4.69, 9.17) is 10.2 Å². The molecule has 1 aliphatic rings. The maximum atomic E-state index is 12.0. The molecule has 7 heteroatoms. The van der Waals surface area contributed by atoms with Crippen LogP contribution in [0, 0.1) is 0 Å². The van der Waals surface area contributed by atoms with Crippen LogP contribution in [0.2, 0.25) is 0 Å². The minimum atomic E-state index is -1.12. The van der Waals surface area contributed by atoms with Crippen LogP contribution in [-0.4, -0.2) is 75.5 Å². The Balaban J connectivity index is 2.75. The average molecular weight is 246 g/mol. The van der Waals surface area contributed by atoms with Gasteiger partial charge in [-0.2, -0.15) is 0 Å². The van der Waals surface area contributed by atoms with Crippen molar-refractivity contribution in [2.24, 2.45) is 0 Å². The van der Waals surface area contributed by atoms with Crippen molar-refractivity contribution < 1.29 is 24.9 Å². The highest BCUT2D eigenvalue weighted by molar-refractivity contribution is 5.83. The number of urea groups is 1. The predicted octanol–water partition coefficient (Wildman–Crippen LogP) is -1.06. The number of aliphatic hydroxyl groups excluding tert-OH is 2. The quantitative estimate of drug-likeness (QED) is 0.587. The first-order valence-corrected chi connectivity index (χ1v) is 5.58. The van der Waals surface area contributed by atoms with Crippen molar-refractivity contribution in [3.05, 3.63) is 0 Å². The highest BCUT2D eigenvalue weighted by atomic mass is 16.4. The molecule has 1 saturated heterocycles. The summed E-state index contributed by atoms with van der Waals surface area (Å²) in [6.07, 6.45) is -0.745. The number of carboxylic acid groups (broad SMARTS) is 1. The van der Waals surface area contributed by atoms with E-state index in [1.54, 1.807) is 6.92 Å². The van der Waals surface area contributed by atoms with Crippen molar-refractivity contribution in [2.75, 3.05) is 26.2 Å². The first-order valence-electron chi connectivity index (χ1n) is 5.58. The number of rotatable bonds is 4. The zero-order valence-corrected chi connectivity index (χ0v) is 9.74. The van der Waals surface area contributed by atoms with Gasteiger partial charge in [0.15, 0.2) is 0 Å². The van der Waals surface area contributed by atoms with E-state index in [0.717, 1.165) is 4.90 Å². The second kappa shape index (κ2) is 5.83. The largest absolute Gasteiger partial charge is 0.480 e. The van der Waals surface area contributed by atoms with Gasteiger partial charge in [-0.05, 0) is 6.92 Å². The number of likely N-dealkylation sites (tertiary alicyclic amines) is 1. The monoisotopic (exact) mass is 246 g/mol. The highest BCUT2D eigenvalue weighted by Crippen LogP contribution is 2.19. The van der Waals surface area contributed by atoms with Crippen LogP contribution < -0.4 is 0 Å². The van der Waals surface area contributed by atoms with E-state index >= 15 is 0 Å². The lowest BCUT2D eigenvalue weighted by Gasteiger charge is -2.28. The minimum absolute atomic E-state index is 0.0255. The Hall–Kier alpha value is -1.34. The molecule has 2 atom stereocenters. The van der Waals surface area contributed by atoms with E-state index in [1.807, 2.05) is 0 Å². The van der Waals surface area contributed by atoms with Gasteiger partial charge in [0, 0.05) is 26.1 Å². The standard InChI is InChI=1S/C10H18N2O5/c1-2-11(3-4-13)10(17)12-6-7(14)5-8(12)9(15)16/h7-8,13-14H,2-6H2,1H3,(H,15,16)/t7-,8+/m1/s1. The maximum absolute atomic E-state index is 12.0. The molecule has 17 heavy (non-hydrogen) atoms. The topological polar surface area (TPSA) is 101 Å². The predicted molar refractivity (Wildman–Crippen MR) is 58.5 cm³/mol. The first kappa shape index (κ1) is 13.7. The third kappa shape index (κ3) is 3.07. The van der Waals surface area contributed by atoms with Crippen LogP contribution in [0.5, 0.6) is 0 Å². The molecular weight excluding hydrogens is 228 g/mol. The van der Waals surface area contributed by atoms with Crippen LogP contribution in [0.1, 0.15) is 13.3 Å². The molecule has 0 aromatic heterocycles. The summed E-state index contributed by atoms with van der Waals surface area (Å²) in [7, 11) is 0. The Labute approximate surface area is 99.2 Å². The molecule has 1 aliphatic heterocycles. The lowest BCUT2D eigenvalue weighted by molar-refractivity contribution is -0.141. The Morgan fingerprint density at radius 1 is 1.47 bits per heavy atom. The van der Waals surface area contributed by atoms with E-state index in [1.165, 1.54) is 4.90 Å². The Morgan fingerprint density at radius 3 is 2.59 bits per heavy atom. The third-order valence-electron chi connectivity index (χ3n) is 2.83.